The van der Waals surface area contributed by atoms with Gasteiger partial charge in [-0.3, -0.25) is 0 Å². The van der Waals surface area contributed by atoms with Crippen LogP contribution in [-0.2, 0) is 0 Å². The SMILES string of the molecule is [C-]#[N+]c1ccc2c(c1)N(c1ccc(-c3ccccc3)cc1)c1cc(-c3ccc4c(c3)c3cc(-c5ccccc5)ccc3n4-c3ccc(C#N)cc3-c3nc(-c4ccccc4)nc(-c4ccccc4)n3)cc3c1B2c1ccc(C#N)cc1N3c1ccc(-c2ccccc2)cc1. The smallest absolute Gasteiger partial charge is 0.251 e. The molecule has 0 spiro atoms. The number of fused-ring (bicyclic) bond motifs is 7. The quantitative estimate of drug-likeness (QED) is 0.0993. The van der Waals surface area contributed by atoms with Crippen LogP contribution in [0.4, 0.5) is 39.8 Å². The summed E-state index contributed by atoms with van der Waals surface area (Å²) in [6.45, 7) is 8.11. The summed E-state index contributed by atoms with van der Waals surface area (Å²) in [6, 6.07) is 110. The predicted octanol–water partition coefficient (Wildman–Crippen LogP) is 19.0. The van der Waals surface area contributed by atoms with Crippen molar-refractivity contribution in [2.24, 2.45) is 0 Å². The maximum atomic E-state index is 10.7. The van der Waals surface area contributed by atoms with Crippen LogP contribution < -0.4 is 26.2 Å². The molecule has 9 nitrogen and oxygen atoms in total. The van der Waals surface area contributed by atoms with Crippen LogP contribution >= 0.6 is 0 Å². The summed E-state index contributed by atoms with van der Waals surface area (Å²) in [5.41, 5.74) is 24.0. The van der Waals surface area contributed by atoms with Crippen molar-refractivity contribution in [3.63, 3.8) is 0 Å². The first kappa shape index (κ1) is 54.9. The minimum Gasteiger partial charge on any atom is -0.313 e. The van der Waals surface area contributed by atoms with E-state index >= 15 is 0 Å². The third-order valence-electron chi connectivity index (χ3n) is 18.3. The van der Waals surface area contributed by atoms with Crippen LogP contribution in [0, 0.1) is 29.2 Å². The number of hydrogen-bond acceptors (Lipinski definition) is 7. The number of hydrogen-bond donors (Lipinski definition) is 0. The minimum atomic E-state index is -0.272. The molecule has 0 fully saturated rings. The predicted molar refractivity (Wildman–Crippen MR) is 382 cm³/mol. The molecule has 0 unspecified atom stereocenters. The summed E-state index contributed by atoms with van der Waals surface area (Å²) >= 11 is 0. The van der Waals surface area contributed by atoms with Crippen LogP contribution in [-0.4, -0.2) is 26.2 Å². The first-order chi connectivity index (χ1) is 46.4. The average molecular weight is 1200 g/mol. The summed E-state index contributed by atoms with van der Waals surface area (Å²) in [6.07, 6.45) is 0. The number of anilines is 6. The van der Waals surface area contributed by atoms with Gasteiger partial charge in [-0.2, -0.15) is 10.5 Å². The lowest BCUT2D eigenvalue weighted by atomic mass is 9.33. The fraction of sp³-hybridized carbons (Fsp3) is 0. The van der Waals surface area contributed by atoms with Crippen LogP contribution in [0.2, 0.25) is 0 Å². The highest BCUT2D eigenvalue weighted by Crippen LogP contribution is 2.49. The molecule has 15 aromatic rings. The van der Waals surface area contributed by atoms with Gasteiger partial charge < -0.3 is 14.4 Å². The fourth-order valence-electron chi connectivity index (χ4n) is 13.9. The monoisotopic (exact) mass is 1200 g/mol. The normalized spacial score (nSPS) is 11.9. The largest absolute Gasteiger partial charge is 0.313 e. The molecule has 94 heavy (non-hydrogen) atoms. The van der Waals surface area contributed by atoms with Gasteiger partial charge in [0.1, 0.15) is 0 Å². The summed E-state index contributed by atoms with van der Waals surface area (Å²) in [5.74, 6) is 1.46. The highest BCUT2D eigenvalue weighted by atomic mass is 15.2. The van der Waals surface area contributed by atoms with E-state index in [-0.39, 0.29) is 6.71 Å². The molecule has 13 aromatic carbocycles. The Morgan fingerprint density at radius 3 is 1.22 bits per heavy atom. The molecule has 0 bridgehead atoms. The summed E-state index contributed by atoms with van der Waals surface area (Å²) in [7, 11) is 0. The Labute approximate surface area is 543 Å². The van der Waals surface area contributed by atoms with Crippen molar-refractivity contribution in [1.29, 1.82) is 10.5 Å². The van der Waals surface area contributed by atoms with Gasteiger partial charge in [0.25, 0.3) is 6.71 Å². The van der Waals surface area contributed by atoms with Crippen LogP contribution in [0.25, 0.3) is 111 Å². The molecule has 17 rings (SSSR count). The van der Waals surface area contributed by atoms with Crippen molar-refractivity contribution in [2.45, 2.75) is 0 Å². The van der Waals surface area contributed by atoms with E-state index in [1.807, 2.05) is 121 Å². The molecule has 2 aliphatic rings. The van der Waals surface area contributed by atoms with Crippen molar-refractivity contribution >= 4 is 84.7 Å². The first-order valence-corrected chi connectivity index (χ1v) is 31.2. The van der Waals surface area contributed by atoms with E-state index in [4.69, 9.17) is 21.5 Å². The Morgan fingerprint density at radius 2 is 0.734 bits per heavy atom. The maximum absolute atomic E-state index is 10.7. The van der Waals surface area contributed by atoms with E-state index in [1.165, 1.54) is 0 Å². The first-order valence-electron chi connectivity index (χ1n) is 31.2. The van der Waals surface area contributed by atoms with Gasteiger partial charge in [-0.15, -0.1) is 0 Å². The zero-order valence-electron chi connectivity index (χ0n) is 50.5. The van der Waals surface area contributed by atoms with Gasteiger partial charge in [0.2, 0.25) is 0 Å². The molecule has 0 atom stereocenters. The van der Waals surface area contributed by atoms with E-state index in [0.717, 1.165) is 134 Å². The highest BCUT2D eigenvalue weighted by Gasteiger charge is 2.44. The van der Waals surface area contributed by atoms with E-state index in [1.54, 1.807) is 0 Å². The topological polar surface area (TPSA) is 102 Å². The van der Waals surface area contributed by atoms with Crippen molar-refractivity contribution in [3.05, 3.63) is 326 Å². The molecule has 0 amide bonds. The number of rotatable bonds is 10. The molecule has 4 heterocycles. The van der Waals surface area contributed by atoms with E-state index in [0.29, 0.717) is 39.9 Å². The standard InChI is InChI=1S/C84H50BN9/c1-88-66-35-41-73-78(51-66)93(68-38-31-60(32-39-68)57-19-9-3-10-20-57)80-50-65(49-79-81(80)85(73)72-40-27-55(53-87)46-77(72)92(79)67-36-29-59(30-37-67)56-17-7-2-8-18-56)64-34-44-75-70(48-64)69-47-63(58-21-11-4-12-22-58)33-43-74(69)94(75)76-42-28-54(52-86)45-71(76)84-90-82(61-23-13-5-14-24-61)89-83(91-84)62-25-15-6-16-26-62/h2-51H. The summed E-state index contributed by atoms with van der Waals surface area (Å²) in [4.78, 5) is 24.2. The minimum absolute atomic E-state index is 0.272. The molecule has 434 valence electrons. The van der Waals surface area contributed by atoms with Gasteiger partial charge in [0.05, 0.1) is 46.6 Å². The second-order valence-electron chi connectivity index (χ2n) is 23.6. The van der Waals surface area contributed by atoms with Gasteiger partial charge in [-0.25, -0.2) is 19.8 Å². The molecular formula is C84H50BN9. The maximum Gasteiger partial charge on any atom is 0.251 e. The van der Waals surface area contributed by atoms with Gasteiger partial charge in [0, 0.05) is 61.6 Å². The Kier molecular flexibility index (Phi) is 13.3. The van der Waals surface area contributed by atoms with E-state index in [2.05, 4.69) is 213 Å². The molecule has 0 saturated carbocycles. The van der Waals surface area contributed by atoms with Crippen LogP contribution in [0.1, 0.15) is 11.1 Å². The van der Waals surface area contributed by atoms with E-state index < -0.39 is 0 Å². The second-order valence-corrected chi connectivity index (χ2v) is 23.6. The lowest BCUT2D eigenvalue weighted by molar-refractivity contribution is 1.06. The number of nitriles is 2. The third-order valence-corrected chi connectivity index (χ3v) is 18.3. The molecule has 0 radical (unpaired) electrons. The lowest BCUT2D eigenvalue weighted by Crippen LogP contribution is -2.61. The van der Waals surface area contributed by atoms with Crippen LogP contribution in [0.5, 0.6) is 0 Å². The number of aromatic nitrogens is 4. The third kappa shape index (κ3) is 9.36. The molecule has 0 aliphatic carbocycles. The van der Waals surface area contributed by atoms with Gasteiger partial charge >= 0.3 is 0 Å². The van der Waals surface area contributed by atoms with Gasteiger partial charge in [-0.1, -0.05) is 206 Å². The fourth-order valence-corrected chi connectivity index (χ4v) is 13.9. The zero-order chi connectivity index (χ0) is 62.8. The molecule has 2 aromatic heterocycles. The Hall–Kier alpha value is -13.2. The number of benzene rings is 13. The Morgan fingerprint density at radius 1 is 0.330 bits per heavy atom. The zero-order valence-corrected chi connectivity index (χ0v) is 50.5. The summed E-state index contributed by atoms with van der Waals surface area (Å²) in [5, 5.41) is 23.3. The molecule has 2 aliphatic heterocycles. The van der Waals surface area contributed by atoms with Crippen molar-refractivity contribution in [1.82, 2.24) is 19.5 Å². The summed E-state index contributed by atoms with van der Waals surface area (Å²) < 4.78 is 2.28. The highest BCUT2D eigenvalue weighted by molar-refractivity contribution is 7.00. The van der Waals surface area contributed by atoms with E-state index in [9.17, 15) is 10.5 Å². The number of nitrogens with zero attached hydrogens (tertiary/aromatic N) is 9. The van der Waals surface area contributed by atoms with Crippen molar-refractivity contribution in [3.8, 4) is 96.5 Å². The molecule has 0 N–H and O–H groups in total. The van der Waals surface area contributed by atoms with Crippen LogP contribution in [0.3, 0.4) is 0 Å². The van der Waals surface area contributed by atoms with Gasteiger partial charge in [-0.05, 0) is 158 Å². The molecule has 0 saturated heterocycles. The Balaban J connectivity index is 0.927. The molecular weight excluding hydrogens is 1150 g/mol. The van der Waals surface area contributed by atoms with Crippen molar-refractivity contribution in [2.75, 3.05) is 9.80 Å². The van der Waals surface area contributed by atoms with Crippen molar-refractivity contribution < 1.29 is 0 Å². The average Bonchev–Trinajstić information content (AvgIpc) is 0.773. The Bertz CT molecular complexity index is 5410. The second kappa shape index (κ2) is 22.7. The lowest BCUT2D eigenvalue weighted by Gasteiger charge is -2.44. The van der Waals surface area contributed by atoms with Gasteiger partial charge in [0.15, 0.2) is 23.2 Å². The van der Waals surface area contributed by atoms with Crippen LogP contribution in [0.15, 0.2) is 303 Å². The molecule has 10 heteroatoms.